The number of phosphoric ester groups is 1. The Hall–Kier alpha value is -5.15. The lowest BCUT2D eigenvalue weighted by Gasteiger charge is -2.19. The summed E-state index contributed by atoms with van der Waals surface area (Å²) in [4.78, 5) is 35.5. The van der Waals surface area contributed by atoms with E-state index in [9.17, 15) is 19.0 Å². The third kappa shape index (κ3) is 85.7. The Morgan fingerprint density at radius 2 is 0.505 bits per heavy atom. The van der Waals surface area contributed by atoms with Crippen LogP contribution in [0.2, 0.25) is 0 Å². The number of unbranched alkanes of at least 4 members (excludes halogenated alkanes) is 32. The number of hydrogen-bond donors (Lipinski definition) is 2. The molecule has 0 amide bonds. The smallest absolute Gasteiger partial charge is 0.462 e. The molecule has 0 aliphatic rings. The quantitative estimate of drug-likeness (QED) is 0.0264. The third-order valence-corrected chi connectivity index (χ3v) is 18.5. The summed E-state index contributed by atoms with van der Waals surface area (Å²) in [5, 5.41) is 0. The zero-order valence-corrected chi connectivity index (χ0v) is 66.9. The highest BCUT2D eigenvalue weighted by Gasteiger charge is 2.26. The van der Waals surface area contributed by atoms with Gasteiger partial charge in [-0.25, -0.2) is 4.57 Å². The van der Waals surface area contributed by atoms with Crippen LogP contribution in [0.15, 0.2) is 194 Å². The van der Waals surface area contributed by atoms with Gasteiger partial charge in [0.15, 0.2) is 6.10 Å². The van der Waals surface area contributed by atoms with Crippen molar-refractivity contribution in [2.45, 2.75) is 354 Å². The van der Waals surface area contributed by atoms with E-state index in [2.05, 4.69) is 208 Å². The molecule has 3 N–H and O–H groups in total. The highest BCUT2D eigenvalue weighted by atomic mass is 31.2. The van der Waals surface area contributed by atoms with Crippen LogP contribution >= 0.6 is 7.82 Å². The summed E-state index contributed by atoms with van der Waals surface area (Å²) in [7, 11) is -4.42. The molecule has 2 unspecified atom stereocenters. The minimum absolute atomic E-state index is 0.0415. The lowest BCUT2D eigenvalue weighted by molar-refractivity contribution is -0.161. The molecule has 0 heterocycles. The molecule has 0 aromatic carbocycles. The van der Waals surface area contributed by atoms with Crippen LogP contribution in [0.3, 0.4) is 0 Å². The van der Waals surface area contributed by atoms with Gasteiger partial charge in [-0.1, -0.05) is 388 Å². The van der Waals surface area contributed by atoms with Gasteiger partial charge in [0.05, 0.1) is 13.2 Å². The van der Waals surface area contributed by atoms with E-state index < -0.39 is 26.5 Å². The first-order chi connectivity index (χ1) is 50.8. The van der Waals surface area contributed by atoms with Crippen LogP contribution in [0, 0.1) is 0 Å². The molecule has 584 valence electrons. The summed E-state index contributed by atoms with van der Waals surface area (Å²) in [6.07, 6.45) is 130. The Balaban J connectivity index is 3.89. The van der Waals surface area contributed by atoms with Crippen molar-refractivity contribution in [1.82, 2.24) is 0 Å². The summed E-state index contributed by atoms with van der Waals surface area (Å²) in [5.41, 5.74) is 5.41. The number of rotatable bonds is 77. The van der Waals surface area contributed by atoms with E-state index >= 15 is 0 Å². The summed E-state index contributed by atoms with van der Waals surface area (Å²) in [6, 6.07) is 0. The zero-order valence-electron chi connectivity index (χ0n) is 66.0. The van der Waals surface area contributed by atoms with Crippen molar-refractivity contribution < 1.29 is 37.6 Å². The van der Waals surface area contributed by atoms with Gasteiger partial charge in [-0.3, -0.25) is 18.6 Å². The van der Waals surface area contributed by atoms with Crippen molar-refractivity contribution in [3.8, 4) is 0 Å². The highest BCUT2D eigenvalue weighted by molar-refractivity contribution is 7.47. The molecular formula is C93H154NO8P. The van der Waals surface area contributed by atoms with Crippen molar-refractivity contribution in [1.29, 1.82) is 0 Å². The van der Waals surface area contributed by atoms with Crippen LogP contribution in [-0.2, 0) is 32.7 Å². The van der Waals surface area contributed by atoms with Crippen LogP contribution < -0.4 is 5.73 Å². The molecule has 0 aromatic heterocycles. The first-order valence-corrected chi connectivity index (χ1v) is 43.4. The average molecular weight is 1450 g/mol. The normalized spacial score (nSPS) is 13.9. The van der Waals surface area contributed by atoms with Crippen molar-refractivity contribution >= 4 is 19.8 Å². The number of nitrogens with two attached hydrogens (primary N) is 1. The van der Waals surface area contributed by atoms with E-state index in [1.807, 2.05) is 0 Å². The summed E-state index contributed by atoms with van der Waals surface area (Å²) >= 11 is 0. The molecule has 0 aromatic rings. The Bertz CT molecular complexity index is 2410. The zero-order chi connectivity index (χ0) is 74.3. The lowest BCUT2D eigenvalue weighted by Crippen LogP contribution is -2.29. The van der Waals surface area contributed by atoms with Gasteiger partial charge >= 0.3 is 19.8 Å². The maximum Gasteiger partial charge on any atom is 0.472 e. The molecular weight excluding hydrogens is 1290 g/mol. The molecule has 0 rings (SSSR count). The van der Waals surface area contributed by atoms with E-state index in [1.165, 1.54) is 167 Å². The van der Waals surface area contributed by atoms with E-state index in [0.29, 0.717) is 6.42 Å². The SMILES string of the molecule is CC/C=C\C/C=C\C/C=C\C/C=C\C/C=C\C/C=C\C/C=C\C/C=C\C/C=C\C/C=C\C/C=C\C/C=C\CCCCCCC(=O)OC(COC(=O)CCCCCCCCCCCCCCCCCCCCCCCCCCCCCC/C=C\C/C=C\C/C=C\C/C=C\CC)COP(=O)(O)OCCN. The molecule has 0 aliphatic carbocycles. The van der Waals surface area contributed by atoms with E-state index in [4.69, 9.17) is 24.3 Å². The van der Waals surface area contributed by atoms with Gasteiger partial charge in [0.25, 0.3) is 0 Å². The monoisotopic (exact) mass is 1440 g/mol. The fraction of sp³-hybridized carbons (Fsp3) is 0.634. The molecule has 0 aliphatic heterocycles. The molecule has 9 nitrogen and oxygen atoms in total. The Kier molecular flexibility index (Phi) is 81.5. The minimum atomic E-state index is -4.42. The fourth-order valence-electron chi connectivity index (χ4n) is 11.4. The Morgan fingerprint density at radius 3 is 0.748 bits per heavy atom. The number of carbonyl (C=O) groups is 2. The second-order valence-electron chi connectivity index (χ2n) is 27.2. The van der Waals surface area contributed by atoms with Crippen LogP contribution in [0.25, 0.3) is 0 Å². The first kappa shape index (κ1) is 97.8. The van der Waals surface area contributed by atoms with E-state index in [-0.39, 0.29) is 38.6 Å². The summed E-state index contributed by atoms with van der Waals surface area (Å²) in [6.45, 7) is 3.50. The van der Waals surface area contributed by atoms with Gasteiger partial charge in [0.1, 0.15) is 6.61 Å². The van der Waals surface area contributed by atoms with Gasteiger partial charge in [0, 0.05) is 19.4 Å². The number of phosphoric acid groups is 1. The summed E-state index contributed by atoms with van der Waals surface area (Å²) < 4.78 is 33.3. The fourth-order valence-corrected chi connectivity index (χ4v) is 12.1. The molecule has 0 saturated carbocycles. The molecule has 0 fully saturated rings. The number of carbonyl (C=O) groups excluding carboxylic acids is 2. The molecule has 0 spiro atoms. The topological polar surface area (TPSA) is 134 Å². The van der Waals surface area contributed by atoms with Crippen molar-refractivity contribution in [3.05, 3.63) is 194 Å². The summed E-state index contributed by atoms with van der Waals surface area (Å²) in [5.74, 6) is -0.856. The van der Waals surface area contributed by atoms with Crippen molar-refractivity contribution in [2.24, 2.45) is 5.73 Å². The predicted octanol–water partition coefficient (Wildman–Crippen LogP) is 28.8. The predicted molar refractivity (Wildman–Crippen MR) is 449 cm³/mol. The number of esters is 2. The lowest BCUT2D eigenvalue weighted by atomic mass is 10.0. The first-order valence-electron chi connectivity index (χ1n) is 41.9. The van der Waals surface area contributed by atoms with Gasteiger partial charge in [-0.2, -0.15) is 0 Å². The average Bonchev–Trinajstić information content (AvgIpc) is 0.970. The number of ether oxygens (including phenoxy) is 2. The Labute approximate surface area is 634 Å². The van der Waals surface area contributed by atoms with E-state index in [0.717, 1.165) is 148 Å². The van der Waals surface area contributed by atoms with Gasteiger partial charge in [0.2, 0.25) is 0 Å². The molecule has 103 heavy (non-hydrogen) atoms. The largest absolute Gasteiger partial charge is 0.472 e. The minimum Gasteiger partial charge on any atom is -0.462 e. The molecule has 0 radical (unpaired) electrons. The second-order valence-corrected chi connectivity index (χ2v) is 28.7. The van der Waals surface area contributed by atoms with Crippen molar-refractivity contribution in [3.63, 3.8) is 0 Å². The number of hydrogen-bond acceptors (Lipinski definition) is 8. The number of allylic oxidation sites excluding steroid dienone is 32. The van der Waals surface area contributed by atoms with Crippen LogP contribution in [0.4, 0.5) is 0 Å². The molecule has 0 saturated heterocycles. The Morgan fingerprint density at radius 1 is 0.291 bits per heavy atom. The van der Waals surface area contributed by atoms with Crippen molar-refractivity contribution in [2.75, 3.05) is 26.4 Å². The standard InChI is InChI=1S/C93H154NO8P/c1-3-5-7-9-11-13-15-17-19-21-23-25-27-29-31-33-35-37-39-41-43-45-47-49-51-53-55-57-59-61-63-65-67-69-71-73-75-77-79-81-83-85-92(95)99-89-91(90-101-103(97,98)100-88-87-94)102-93(96)86-84-82-80-78-76-74-72-70-68-66-64-62-60-58-56-54-52-50-48-46-44-42-40-38-36-34-32-30-28-26-24-22-20-18-16-14-12-10-8-6-4-2/h5-8,11-14,17-20,23-26,30,32,36,38,42,44,48,50,54,56,60,62,66,68,72,74,91H,3-4,9-10,15-16,21-22,27-29,31,33-35,37,39-41,43,45-47,49,51-53,55,57-59,61,63-65,67,69-71,73,75-90,94H2,1-2H3,(H,97,98)/b7-5-,8-6-,13-11-,14-12-,19-17-,20-18-,25-23-,26-24-,32-30-,38-36-,44-42-,50-48-,56-54-,62-60-,68-66-,74-72-. The van der Waals surface area contributed by atoms with Gasteiger partial charge in [-0.15, -0.1) is 0 Å². The van der Waals surface area contributed by atoms with Crippen LogP contribution in [0.5, 0.6) is 0 Å². The second kappa shape index (κ2) is 85.8. The molecule has 2 atom stereocenters. The van der Waals surface area contributed by atoms with Crippen LogP contribution in [-0.4, -0.2) is 49.3 Å². The molecule has 0 bridgehead atoms. The third-order valence-electron chi connectivity index (χ3n) is 17.5. The molecule has 10 heteroatoms. The highest BCUT2D eigenvalue weighted by Crippen LogP contribution is 2.43. The van der Waals surface area contributed by atoms with Gasteiger partial charge in [-0.05, 0) is 141 Å². The maximum atomic E-state index is 12.8. The maximum absolute atomic E-state index is 12.8. The van der Waals surface area contributed by atoms with Crippen LogP contribution in [0.1, 0.15) is 348 Å². The van der Waals surface area contributed by atoms with E-state index in [1.54, 1.807) is 0 Å². The van der Waals surface area contributed by atoms with Gasteiger partial charge < -0.3 is 20.1 Å².